The summed E-state index contributed by atoms with van der Waals surface area (Å²) in [6, 6.07) is 11.8. The first kappa shape index (κ1) is 12.7. The normalized spacial score (nSPS) is 10.9. The van der Waals surface area contributed by atoms with E-state index >= 15 is 0 Å². The van der Waals surface area contributed by atoms with Gasteiger partial charge in [-0.15, -0.1) is 0 Å². The quantitative estimate of drug-likeness (QED) is 0.652. The maximum Gasteiger partial charge on any atom is 0.200 e. The second-order valence-corrected chi connectivity index (χ2v) is 5.35. The summed E-state index contributed by atoms with van der Waals surface area (Å²) in [4.78, 5) is 12.6. The Labute approximate surface area is 117 Å². The van der Waals surface area contributed by atoms with E-state index in [2.05, 4.69) is 6.07 Å². The fourth-order valence-electron chi connectivity index (χ4n) is 2.57. The molecule has 0 atom stereocenters. The highest BCUT2D eigenvalue weighted by molar-refractivity contribution is 5.82. The van der Waals surface area contributed by atoms with Crippen molar-refractivity contribution in [3.63, 3.8) is 0 Å². The van der Waals surface area contributed by atoms with Crippen molar-refractivity contribution in [1.29, 1.82) is 0 Å². The molecule has 0 N–H and O–H groups in total. The fraction of sp³-hybridized carbons (Fsp3) is 0.167. The first-order valence-electron chi connectivity index (χ1n) is 6.65. The Hall–Kier alpha value is -2.35. The van der Waals surface area contributed by atoms with E-state index in [1.165, 1.54) is 0 Å². The molecule has 0 amide bonds. The Bertz CT molecular complexity index is 837. The van der Waals surface area contributed by atoms with Crippen LogP contribution in [0.1, 0.15) is 16.7 Å². The van der Waals surface area contributed by atoms with Crippen molar-refractivity contribution in [2.24, 2.45) is 0 Å². The lowest BCUT2D eigenvalue weighted by Crippen LogP contribution is -2.05. The van der Waals surface area contributed by atoms with Gasteiger partial charge in [0.15, 0.2) is 5.43 Å². The van der Waals surface area contributed by atoms with Crippen molar-refractivity contribution in [3.05, 3.63) is 69.6 Å². The molecule has 0 aliphatic rings. The topological polar surface area (TPSA) is 30.2 Å². The van der Waals surface area contributed by atoms with Gasteiger partial charge in [0.05, 0.1) is 10.9 Å². The molecule has 2 aromatic carbocycles. The van der Waals surface area contributed by atoms with E-state index < -0.39 is 0 Å². The maximum absolute atomic E-state index is 12.6. The van der Waals surface area contributed by atoms with Gasteiger partial charge >= 0.3 is 0 Å². The summed E-state index contributed by atoms with van der Waals surface area (Å²) in [6.07, 6.45) is 1.56. The molecule has 3 aromatic rings. The van der Waals surface area contributed by atoms with E-state index in [0.717, 1.165) is 22.3 Å². The first-order chi connectivity index (χ1) is 9.54. The molecule has 2 nitrogen and oxygen atoms in total. The molecule has 1 heterocycles. The number of aryl methyl sites for hydroxylation is 3. The number of hydrogen-bond acceptors (Lipinski definition) is 2. The van der Waals surface area contributed by atoms with Gasteiger partial charge in [-0.25, -0.2) is 0 Å². The SMILES string of the molecule is Cc1cc(C)cc(-c2coc3ccc(C)cc3c2=O)c1. The van der Waals surface area contributed by atoms with Crippen LogP contribution in [0.3, 0.4) is 0 Å². The van der Waals surface area contributed by atoms with Crippen LogP contribution in [0.25, 0.3) is 22.1 Å². The van der Waals surface area contributed by atoms with Gasteiger partial charge in [-0.3, -0.25) is 4.79 Å². The Kier molecular flexibility index (Phi) is 2.94. The van der Waals surface area contributed by atoms with E-state index in [4.69, 9.17) is 4.42 Å². The molecular weight excluding hydrogens is 248 g/mol. The van der Waals surface area contributed by atoms with Gasteiger partial charge in [-0.2, -0.15) is 0 Å². The standard InChI is InChI=1S/C18H16O2/c1-11-4-5-17-15(9-11)18(19)16(10-20-17)14-7-12(2)6-13(3)8-14/h4-10H,1-3H3. The van der Waals surface area contributed by atoms with Crippen molar-refractivity contribution < 1.29 is 4.42 Å². The molecule has 20 heavy (non-hydrogen) atoms. The molecule has 0 unspecified atom stereocenters. The lowest BCUT2D eigenvalue weighted by Gasteiger charge is -2.06. The van der Waals surface area contributed by atoms with E-state index in [1.54, 1.807) is 6.26 Å². The summed E-state index contributed by atoms with van der Waals surface area (Å²) >= 11 is 0. The molecule has 0 radical (unpaired) electrons. The highest BCUT2D eigenvalue weighted by Gasteiger charge is 2.09. The summed E-state index contributed by atoms with van der Waals surface area (Å²) < 4.78 is 5.61. The van der Waals surface area contributed by atoms with Crippen LogP contribution in [0, 0.1) is 20.8 Å². The van der Waals surface area contributed by atoms with E-state index in [9.17, 15) is 4.79 Å². The largest absolute Gasteiger partial charge is 0.463 e. The maximum atomic E-state index is 12.6. The summed E-state index contributed by atoms with van der Waals surface area (Å²) in [5, 5.41) is 0.640. The van der Waals surface area contributed by atoms with Crippen molar-refractivity contribution in [2.45, 2.75) is 20.8 Å². The van der Waals surface area contributed by atoms with E-state index in [1.807, 2.05) is 51.1 Å². The van der Waals surface area contributed by atoms with Gasteiger partial charge in [-0.05, 0) is 38.5 Å². The van der Waals surface area contributed by atoms with Gasteiger partial charge in [0.25, 0.3) is 0 Å². The van der Waals surface area contributed by atoms with Crippen molar-refractivity contribution in [3.8, 4) is 11.1 Å². The second kappa shape index (κ2) is 4.64. The molecule has 1 aromatic heterocycles. The lowest BCUT2D eigenvalue weighted by atomic mass is 10.0. The monoisotopic (exact) mass is 264 g/mol. The highest BCUT2D eigenvalue weighted by atomic mass is 16.3. The lowest BCUT2D eigenvalue weighted by molar-refractivity contribution is 0.604. The molecule has 100 valence electrons. The number of benzene rings is 2. The molecular formula is C18H16O2. The number of fused-ring (bicyclic) bond motifs is 1. The third-order valence-corrected chi connectivity index (χ3v) is 3.46. The second-order valence-electron chi connectivity index (χ2n) is 5.35. The Morgan fingerprint density at radius 1 is 0.850 bits per heavy atom. The summed E-state index contributed by atoms with van der Waals surface area (Å²) in [6.45, 7) is 6.04. The molecule has 2 heteroatoms. The molecule has 0 aliphatic carbocycles. The van der Waals surface area contributed by atoms with Gasteiger partial charge in [0, 0.05) is 0 Å². The zero-order chi connectivity index (χ0) is 14.3. The molecule has 0 saturated heterocycles. The van der Waals surface area contributed by atoms with Gasteiger partial charge in [0.2, 0.25) is 0 Å². The van der Waals surface area contributed by atoms with Crippen LogP contribution in [0.15, 0.2) is 51.9 Å². The van der Waals surface area contributed by atoms with Crippen molar-refractivity contribution in [2.75, 3.05) is 0 Å². The average molecular weight is 264 g/mol. The Balaban J connectivity index is 2.32. The summed E-state index contributed by atoms with van der Waals surface area (Å²) in [5.41, 5.74) is 5.54. The third-order valence-electron chi connectivity index (χ3n) is 3.46. The number of rotatable bonds is 1. The summed E-state index contributed by atoms with van der Waals surface area (Å²) in [7, 11) is 0. The number of hydrogen-bond donors (Lipinski definition) is 0. The van der Waals surface area contributed by atoms with Crippen LogP contribution in [-0.2, 0) is 0 Å². The molecule has 0 fully saturated rings. The van der Waals surface area contributed by atoms with Crippen LogP contribution >= 0.6 is 0 Å². The zero-order valence-electron chi connectivity index (χ0n) is 11.9. The minimum atomic E-state index is 0.0277. The van der Waals surface area contributed by atoms with Crippen LogP contribution < -0.4 is 5.43 Å². The van der Waals surface area contributed by atoms with Gasteiger partial charge < -0.3 is 4.42 Å². The van der Waals surface area contributed by atoms with Gasteiger partial charge in [0.1, 0.15) is 11.8 Å². The van der Waals surface area contributed by atoms with Crippen LogP contribution in [0.4, 0.5) is 0 Å². The highest BCUT2D eigenvalue weighted by Crippen LogP contribution is 2.22. The van der Waals surface area contributed by atoms with Crippen LogP contribution in [0.5, 0.6) is 0 Å². The first-order valence-corrected chi connectivity index (χ1v) is 6.65. The molecule has 0 spiro atoms. The Morgan fingerprint density at radius 2 is 1.55 bits per heavy atom. The molecule has 3 rings (SSSR count). The van der Waals surface area contributed by atoms with Crippen LogP contribution in [0.2, 0.25) is 0 Å². The molecule has 0 aliphatic heterocycles. The fourth-order valence-corrected chi connectivity index (χ4v) is 2.57. The van der Waals surface area contributed by atoms with Crippen LogP contribution in [-0.4, -0.2) is 0 Å². The van der Waals surface area contributed by atoms with Crippen molar-refractivity contribution in [1.82, 2.24) is 0 Å². The minimum Gasteiger partial charge on any atom is -0.463 e. The summed E-state index contributed by atoms with van der Waals surface area (Å²) in [5.74, 6) is 0. The van der Waals surface area contributed by atoms with E-state index in [0.29, 0.717) is 16.5 Å². The average Bonchev–Trinajstić information content (AvgIpc) is 2.38. The molecule has 0 bridgehead atoms. The zero-order valence-corrected chi connectivity index (χ0v) is 11.9. The van der Waals surface area contributed by atoms with Gasteiger partial charge in [-0.1, -0.05) is 41.0 Å². The smallest absolute Gasteiger partial charge is 0.200 e. The third kappa shape index (κ3) is 2.14. The van der Waals surface area contributed by atoms with Crippen molar-refractivity contribution >= 4 is 11.0 Å². The minimum absolute atomic E-state index is 0.0277. The van der Waals surface area contributed by atoms with E-state index in [-0.39, 0.29) is 5.43 Å². The predicted octanol–water partition coefficient (Wildman–Crippen LogP) is 4.39. The Morgan fingerprint density at radius 3 is 2.25 bits per heavy atom. The predicted molar refractivity (Wildman–Crippen MR) is 82.1 cm³/mol. The molecule has 0 saturated carbocycles.